The lowest BCUT2D eigenvalue weighted by Gasteiger charge is -2.03. The molecule has 0 aliphatic carbocycles. The first kappa shape index (κ1) is 14.9. The molecular formula is C12H18O2S3. The summed E-state index contributed by atoms with van der Waals surface area (Å²) in [6.07, 6.45) is 1.23. The summed E-state index contributed by atoms with van der Waals surface area (Å²) < 4.78 is 22.5. The lowest BCUT2D eigenvalue weighted by molar-refractivity contribution is 0.602. The molecule has 0 fully saturated rings. The van der Waals surface area contributed by atoms with Gasteiger partial charge in [0.15, 0.2) is 9.84 Å². The molecule has 0 aliphatic rings. The SMILES string of the molecule is CCSCCSCc1ccc(S(C)(=O)=O)cc1. The maximum Gasteiger partial charge on any atom is 0.175 e. The Kier molecular flexibility index (Phi) is 6.44. The molecule has 1 aromatic rings. The molecule has 0 aromatic heterocycles. The molecule has 1 rings (SSSR count). The highest BCUT2D eigenvalue weighted by molar-refractivity contribution is 8.02. The minimum Gasteiger partial charge on any atom is -0.224 e. The van der Waals surface area contributed by atoms with Crippen molar-refractivity contribution in [2.75, 3.05) is 23.5 Å². The fraction of sp³-hybridized carbons (Fsp3) is 0.500. The molecule has 0 amide bonds. The maximum absolute atomic E-state index is 11.3. The topological polar surface area (TPSA) is 34.1 Å². The highest BCUT2D eigenvalue weighted by atomic mass is 32.2. The zero-order valence-electron chi connectivity index (χ0n) is 10.2. The van der Waals surface area contributed by atoms with Crippen molar-refractivity contribution in [1.29, 1.82) is 0 Å². The van der Waals surface area contributed by atoms with Gasteiger partial charge >= 0.3 is 0 Å². The summed E-state index contributed by atoms with van der Waals surface area (Å²) in [6, 6.07) is 7.17. The predicted octanol–water partition coefficient (Wildman–Crippen LogP) is 3.08. The summed E-state index contributed by atoms with van der Waals surface area (Å²) in [7, 11) is -3.06. The minimum absolute atomic E-state index is 0.396. The second-order valence-electron chi connectivity index (χ2n) is 3.67. The van der Waals surface area contributed by atoms with E-state index in [9.17, 15) is 8.42 Å². The van der Waals surface area contributed by atoms with Crippen LogP contribution in [0.4, 0.5) is 0 Å². The molecule has 5 heteroatoms. The standard InChI is InChI=1S/C12H18O2S3/c1-3-15-8-9-16-10-11-4-6-12(7-5-11)17(2,13)14/h4-7H,3,8-10H2,1-2H3. The number of thioether (sulfide) groups is 2. The van der Waals surface area contributed by atoms with E-state index in [0.717, 1.165) is 11.5 Å². The van der Waals surface area contributed by atoms with Gasteiger partial charge in [0, 0.05) is 23.5 Å². The van der Waals surface area contributed by atoms with Crippen molar-refractivity contribution >= 4 is 33.4 Å². The van der Waals surface area contributed by atoms with Crippen molar-refractivity contribution in [3.8, 4) is 0 Å². The van der Waals surface area contributed by atoms with Gasteiger partial charge in [0.1, 0.15) is 0 Å². The van der Waals surface area contributed by atoms with E-state index in [1.54, 1.807) is 12.1 Å². The largest absolute Gasteiger partial charge is 0.224 e. The summed E-state index contributed by atoms with van der Waals surface area (Å²) in [5.41, 5.74) is 1.18. The van der Waals surface area contributed by atoms with Gasteiger partial charge in [-0.05, 0) is 23.4 Å². The molecule has 0 radical (unpaired) electrons. The molecule has 0 atom stereocenters. The fourth-order valence-corrected chi connectivity index (χ4v) is 3.72. The van der Waals surface area contributed by atoms with Gasteiger partial charge in [-0.3, -0.25) is 0 Å². The molecular weight excluding hydrogens is 272 g/mol. The van der Waals surface area contributed by atoms with Gasteiger partial charge in [0.05, 0.1) is 4.90 Å². The normalized spacial score (nSPS) is 11.6. The van der Waals surface area contributed by atoms with E-state index >= 15 is 0 Å². The van der Waals surface area contributed by atoms with E-state index < -0.39 is 9.84 Å². The molecule has 0 bridgehead atoms. The summed E-state index contributed by atoms with van der Waals surface area (Å²) in [5, 5.41) is 0. The Balaban J connectivity index is 2.41. The molecule has 0 unspecified atom stereocenters. The van der Waals surface area contributed by atoms with Crippen molar-refractivity contribution in [3.05, 3.63) is 29.8 Å². The van der Waals surface area contributed by atoms with Crippen LogP contribution in [0.25, 0.3) is 0 Å². The number of hydrogen-bond donors (Lipinski definition) is 0. The maximum atomic E-state index is 11.3. The minimum atomic E-state index is -3.06. The van der Waals surface area contributed by atoms with Crippen molar-refractivity contribution in [2.45, 2.75) is 17.6 Å². The third-order valence-electron chi connectivity index (χ3n) is 2.20. The van der Waals surface area contributed by atoms with Gasteiger partial charge in [-0.25, -0.2) is 8.42 Å². The van der Waals surface area contributed by atoms with Crippen LogP contribution in [0.15, 0.2) is 29.2 Å². The van der Waals surface area contributed by atoms with Gasteiger partial charge < -0.3 is 0 Å². The van der Waals surface area contributed by atoms with Gasteiger partial charge in [-0.1, -0.05) is 19.1 Å². The van der Waals surface area contributed by atoms with Crippen LogP contribution in [0.2, 0.25) is 0 Å². The van der Waals surface area contributed by atoms with Crippen LogP contribution >= 0.6 is 23.5 Å². The molecule has 0 aliphatic heterocycles. The number of benzene rings is 1. The van der Waals surface area contributed by atoms with E-state index in [2.05, 4.69) is 6.92 Å². The van der Waals surface area contributed by atoms with Gasteiger partial charge in [0.2, 0.25) is 0 Å². The lowest BCUT2D eigenvalue weighted by atomic mass is 10.2. The first-order valence-electron chi connectivity index (χ1n) is 5.48. The second-order valence-corrected chi connectivity index (χ2v) is 8.18. The summed E-state index contributed by atoms with van der Waals surface area (Å²) >= 11 is 3.84. The van der Waals surface area contributed by atoms with Crippen molar-refractivity contribution in [1.82, 2.24) is 0 Å². The Morgan fingerprint density at radius 2 is 1.65 bits per heavy atom. The van der Waals surface area contributed by atoms with Crippen molar-refractivity contribution < 1.29 is 8.42 Å². The van der Waals surface area contributed by atoms with E-state index in [1.165, 1.54) is 23.3 Å². The summed E-state index contributed by atoms with van der Waals surface area (Å²) in [6.45, 7) is 2.17. The van der Waals surface area contributed by atoms with Crippen molar-refractivity contribution in [3.63, 3.8) is 0 Å². The Labute approximate surface area is 112 Å². The molecule has 0 N–H and O–H groups in total. The molecule has 17 heavy (non-hydrogen) atoms. The average molecular weight is 290 g/mol. The van der Waals surface area contributed by atoms with Crippen molar-refractivity contribution in [2.24, 2.45) is 0 Å². The fourth-order valence-electron chi connectivity index (χ4n) is 1.29. The molecule has 0 heterocycles. The third kappa shape index (κ3) is 5.84. The van der Waals surface area contributed by atoms with Crippen LogP contribution in [-0.4, -0.2) is 31.9 Å². The zero-order chi connectivity index (χ0) is 12.7. The number of sulfone groups is 1. The molecule has 0 spiro atoms. The smallest absolute Gasteiger partial charge is 0.175 e. The first-order chi connectivity index (χ1) is 8.04. The van der Waals surface area contributed by atoms with E-state index in [4.69, 9.17) is 0 Å². The average Bonchev–Trinajstić information content (AvgIpc) is 2.28. The van der Waals surface area contributed by atoms with Gasteiger partial charge in [-0.2, -0.15) is 23.5 Å². The van der Waals surface area contributed by atoms with Crippen LogP contribution in [-0.2, 0) is 15.6 Å². The van der Waals surface area contributed by atoms with Crippen LogP contribution in [0.5, 0.6) is 0 Å². The number of hydrogen-bond acceptors (Lipinski definition) is 4. The van der Waals surface area contributed by atoms with Crippen LogP contribution in [0.3, 0.4) is 0 Å². The van der Waals surface area contributed by atoms with Gasteiger partial charge in [0.25, 0.3) is 0 Å². The van der Waals surface area contributed by atoms with Crippen LogP contribution in [0, 0.1) is 0 Å². The lowest BCUT2D eigenvalue weighted by Crippen LogP contribution is -1.96. The van der Waals surface area contributed by atoms with E-state index in [0.29, 0.717) is 4.90 Å². The van der Waals surface area contributed by atoms with Crippen LogP contribution < -0.4 is 0 Å². The molecule has 0 saturated carbocycles. The quantitative estimate of drug-likeness (QED) is 0.723. The Hall–Kier alpha value is -0.130. The molecule has 1 aromatic carbocycles. The monoisotopic (exact) mass is 290 g/mol. The summed E-state index contributed by atoms with van der Waals surface area (Å²) in [5.74, 6) is 4.45. The Bertz CT molecular complexity index is 424. The molecule has 2 nitrogen and oxygen atoms in total. The Morgan fingerprint density at radius 3 is 2.18 bits per heavy atom. The molecule has 0 saturated heterocycles. The predicted molar refractivity (Wildman–Crippen MR) is 78.7 cm³/mol. The van der Waals surface area contributed by atoms with Gasteiger partial charge in [-0.15, -0.1) is 0 Å². The highest BCUT2D eigenvalue weighted by Crippen LogP contribution is 2.16. The second kappa shape index (κ2) is 7.34. The van der Waals surface area contributed by atoms with E-state index in [1.807, 2.05) is 35.7 Å². The molecule has 96 valence electrons. The highest BCUT2D eigenvalue weighted by Gasteiger charge is 2.05. The third-order valence-corrected chi connectivity index (χ3v) is 5.51. The van der Waals surface area contributed by atoms with E-state index in [-0.39, 0.29) is 0 Å². The number of rotatable bonds is 7. The zero-order valence-corrected chi connectivity index (χ0v) is 12.6. The summed E-state index contributed by atoms with van der Waals surface area (Å²) in [4.78, 5) is 0.396. The first-order valence-corrected chi connectivity index (χ1v) is 9.68. The van der Waals surface area contributed by atoms with Crippen LogP contribution in [0.1, 0.15) is 12.5 Å². The Morgan fingerprint density at radius 1 is 1.06 bits per heavy atom.